The molecule has 0 saturated carbocycles. The van der Waals surface area contributed by atoms with Crippen LogP contribution in [0.1, 0.15) is 33.4 Å². The molecule has 1 fully saturated rings. The summed E-state index contributed by atoms with van der Waals surface area (Å²) in [5.41, 5.74) is 0.864. The van der Waals surface area contributed by atoms with Gasteiger partial charge in [-0.1, -0.05) is 13.8 Å². The van der Waals surface area contributed by atoms with Crippen molar-refractivity contribution < 1.29 is 4.74 Å². The number of anilines is 1. The van der Waals surface area contributed by atoms with Gasteiger partial charge in [-0.15, -0.1) is 0 Å². The van der Waals surface area contributed by atoms with E-state index in [0.717, 1.165) is 37.8 Å². The molecular weight excluding hydrogens is 240 g/mol. The van der Waals surface area contributed by atoms with E-state index in [1.54, 1.807) is 0 Å². The van der Waals surface area contributed by atoms with E-state index in [4.69, 9.17) is 4.74 Å². The molecule has 0 amide bonds. The van der Waals surface area contributed by atoms with Gasteiger partial charge in [-0.2, -0.15) is 0 Å². The molecule has 0 radical (unpaired) electrons. The van der Waals surface area contributed by atoms with Crippen molar-refractivity contribution in [2.45, 2.75) is 45.9 Å². The van der Waals surface area contributed by atoms with E-state index in [-0.39, 0.29) is 5.60 Å². The van der Waals surface area contributed by atoms with Gasteiger partial charge in [-0.3, -0.25) is 4.98 Å². The smallest absolute Gasteiger partial charge is 0.147 e. The van der Waals surface area contributed by atoms with Crippen LogP contribution in [0.2, 0.25) is 0 Å². The summed E-state index contributed by atoms with van der Waals surface area (Å²) < 4.78 is 5.71. The molecule has 2 heterocycles. The Bertz CT molecular complexity index is 402. The van der Waals surface area contributed by atoms with Crippen LogP contribution >= 0.6 is 0 Å². The van der Waals surface area contributed by atoms with Gasteiger partial charge < -0.3 is 15.0 Å². The molecule has 106 valence electrons. The molecule has 0 spiro atoms. The van der Waals surface area contributed by atoms with Crippen LogP contribution in [-0.2, 0) is 11.3 Å². The standard InChI is InChI=1S/C14H24N4O/c1-11(2)15-7-12-8-17-13(9-16-12)18-5-6-19-14(3,4)10-18/h8-9,11,15H,5-7,10H2,1-4H3. The molecule has 19 heavy (non-hydrogen) atoms. The number of hydrogen-bond donors (Lipinski definition) is 1. The fraction of sp³-hybridized carbons (Fsp3) is 0.714. The lowest BCUT2D eigenvalue weighted by Crippen LogP contribution is -2.48. The highest BCUT2D eigenvalue weighted by Gasteiger charge is 2.27. The number of morpholine rings is 1. The average Bonchev–Trinajstić information content (AvgIpc) is 2.36. The van der Waals surface area contributed by atoms with Crippen LogP contribution in [-0.4, -0.2) is 41.3 Å². The van der Waals surface area contributed by atoms with Gasteiger partial charge in [0.2, 0.25) is 0 Å². The molecule has 1 N–H and O–H groups in total. The second kappa shape index (κ2) is 5.84. The first kappa shape index (κ1) is 14.2. The number of rotatable bonds is 4. The third-order valence-corrected chi connectivity index (χ3v) is 3.13. The molecule has 1 aliphatic heterocycles. The zero-order valence-electron chi connectivity index (χ0n) is 12.3. The second-order valence-corrected chi connectivity index (χ2v) is 5.93. The largest absolute Gasteiger partial charge is 0.372 e. The maximum atomic E-state index is 5.71. The summed E-state index contributed by atoms with van der Waals surface area (Å²) >= 11 is 0. The van der Waals surface area contributed by atoms with Crippen molar-refractivity contribution in [2.75, 3.05) is 24.6 Å². The van der Waals surface area contributed by atoms with Crippen LogP contribution in [0.5, 0.6) is 0 Å². The lowest BCUT2D eigenvalue weighted by Gasteiger charge is -2.38. The van der Waals surface area contributed by atoms with Crippen molar-refractivity contribution in [3.05, 3.63) is 18.1 Å². The summed E-state index contributed by atoms with van der Waals surface area (Å²) in [7, 11) is 0. The first-order valence-electron chi connectivity index (χ1n) is 6.89. The summed E-state index contributed by atoms with van der Waals surface area (Å²) in [6, 6.07) is 0.460. The maximum absolute atomic E-state index is 5.71. The molecule has 1 aromatic heterocycles. The minimum Gasteiger partial charge on any atom is -0.372 e. The van der Waals surface area contributed by atoms with E-state index in [9.17, 15) is 0 Å². The lowest BCUT2D eigenvalue weighted by molar-refractivity contribution is -0.0279. The van der Waals surface area contributed by atoms with Gasteiger partial charge in [0.15, 0.2) is 0 Å². The van der Waals surface area contributed by atoms with Crippen LogP contribution in [0.3, 0.4) is 0 Å². The SMILES string of the molecule is CC(C)NCc1cnc(N2CCOC(C)(C)C2)cn1. The second-order valence-electron chi connectivity index (χ2n) is 5.93. The van der Waals surface area contributed by atoms with Crippen molar-refractivity contribution in [1.29, 1.82) is 0 Å². The van der Waals surface area contributed by atoms with Crippen molar-refractivity contribution in [2.24, 2.45) is 0 Å². The number of ether oxygens (including phenoxy) is 1. The fourth-order valence-electron chi connectivity index (χ4n) is 2.12. The quantitative estimate of drug-likeness (QED) is 0.895. The molecular formula is C14H24N4O. The number of hydrogen-bond acceptors (Lipinski definition) is 5. The molecule has 0 bridgehead atoms. The van der Waals surface area contributed by atoms with Crippen molar-refractivity contribution in [3.63, 3.8) is 0 Å². The Morgan fingerprint density at radius 1 is 1.37 bits per heavy atom. The van der Waals surface area contributed by atoms with Crippen molar-refractivity contribution in [1.82, 2.24) is 15.3 Å². The Hall–Kier alpha value is -1.20. The zero-order chi connectivity index (χ0) is 13.9. The summed E-state index contributed by atoms with van der Waals surface area (Å²) in [6.45, 7) is 11.7. The van der Waals surface area contributed by atoms with Crippen molar-refractivity contribution in [3.8, 4) is 0 Å². The molecule has 5 nitrogen and oxygen atoms in total. The number of nitrogens with one attached hydrogen (secondary N) is 1. The average molecular weight is 264 g/mol. The first-order chi connectivity index (χ1) is 8.96. The maximum Gasteiger partial charge on any atom is 0.147 e. The molecule has 1 saturated heterocycles. The molecule has 0 aliphatic carbocycles. The predicted molar refractivity (Wildman–Crippen MR) is 76.3 cm³/mol. The van der Waals surface area contributed by atoms with Crippen LogP contribution in [0, 0.1) is 0 Å². The molecule has 1 aromatic rings. The summed E-state index contributed by atoms with van der Waals surface area (Å²) in [4.78, 5) is 11.2. The Morgan fingerprint density at radius 3 is 2.74 bits per heavy atom. The van der Waals surface area contributed by atoms with Crippen LogP contribution in [0.4, 0.5) is 5.82 Å². The first-order valence-corrected chi connectivity index (χ1v) is 6.89. The van der Waals surface area contributed by atoms with Crippen LogP contribution < -0.4 is 10.2 Å². The summed E-state index contributed by atoms with van der Waals surface area (Å²) in [6.07, 6.45) is 3.71. The van der Waals surface area contributed by atoms with E-state index < -0.39 is 0 Å². The molecule has 0 aromatic carbocycles. The molecule has 0 unspecified atom stereocenters. The van der Waals surface area contributed by atoms with Gasteiger partial charge in [0.25, 0.3) is 0 Å². The zero-order valence-corrected chi connectivity index (χ0v) is 12.3. The molecule has 2 rings (SSSR count). The van der Waals surface area contributed by atoms with E-state index in [2.05, 4.69) is 47.9 Å². The van der Waals surface area contributed by atoms with Gasteiger partial charge >= 0.3 is 0 Å². The third-order valence-electron chi connectivity index (χ3n) is 3.13. The van der Waals surface area contributed by atoms with Crippen LogP contribution in [0.15, 0.2) is 12.4 Å². The van der Waals surface area contributed by atoms with E-state index in [0.29, 0.717) is 6.04 Å². The fourth-order valence-corrected chi connectivity index (χ4v) is 2.12. The number of nitrogens with zero attached hydrogens (tertiary/aromatic N) is 3. The normalized spacial score (nSPS) is 18.9. The minimum atomic E-state index is -0.113. The highest BCUT2D eigenvalue weighted by Crippen LogP contribution is 2.20. The Balaban J connectivity index is 1.98. The van der Waals surface area contributed by atoms with Gasteiger partial charge in [0.05, 0.1) is 30.3 Å². The number of aromatic nitrogens is 2. The molecule has 1 aliphatic rings. The minimum absolute atomic E-state index is 0.113. The van der Waals surface area contributed by atoms with Crippen molar-refractivity contribution >= 4 is 5.82 Å². The van der Waals surface area contributed by atoms with E-state index in [1.807, 2.05) is 12.4 Å². The van der Waals surface area contributed by atoms with Gasteiger partial charge in [-0.05, 0) is 13.8 Å². The lowest BCUT2D eigenvalue weighted by atomic mass is 10.1. The van der Waals surface area contributed by atoms with Crippen LogP contribution in [0.25, 0.3) is 0 Å². The summed E-state index contributed by atoms with van der Waals surface area (Å²) in [5, 5.41) is 3.34. The van der Waals surface area contributed by atoms with Gasteiger partial charge in [0, 0.05) is 25.7 Å². The van der Waals surface area contributed by atoms with E-state index in [1.165, 1.54) is 0 Å². The molecule has 0 atom stereocenters. The van der Waals surface area contributed by atoms with Gasteiger partial charge in [-0.25, -0.2) is 4.98 Å². The molecule has 5 heteroatoms. The third kappa shape index (κ3) is 4.14. The highest BCUT2D eigenvalue weighted by molar-refractivity contribution is 5.37. The Labute approximate surface area is 115 Å². The monoisotopic (exact) mass is 264 g/mol. The van der Waals surface area contributed by atoms with E-state index >= 15 is 0 Å². The Morgan fingerprint density at radius 2 is 2.16 bits per heavy atom. The highest BCUT2D eigenvalue weighted by atomic mass is 16.5. The Kier molecular flexibility index (Phi) is 4.37. The summed E-state index contributed by atoms with van der Waals surface area (Å²) in [5.74, 6) is 0.935. The predicted octanol–water partition coefficient (Wildman–Crippen LogP) is 1.59. The topological polar surface area (TPSA) is 50.3 Å². The van der Waals surface area contributed by atoms with Gasteiger partial charge in [0.1, 0.15) is 5.82 Å².